The second-order valence-corrected chi connectivity index (χ2v) is 8.80. The maximum atomic E-state index is 13.1. The lowest BCUT2D eigenvalue weighted by Gasteiger charge is -2.33. The first-order valence-corrected chi connectivity index (χ1v) is 11.1. The van der Waals surface area contributed by atoms with Gasteiger partial charge < -0.3 is 15.1 Å². The number of hydrogen-bond donors (Lipinski definition) is 1. The van der Waals surface area contributed by atoms with Crippen LogP contribution in [0.15, 0.2) is 48.5 Å². The van der Waals surface area contributed by atoms with Crippen LogP contribution in [0.4, 0.5) is 14.9 Å². The smallest absolute Gasteiger partial charge is 0.321 e. The molecule has 0 aliphatic carbocycles. The molecule has 31 heavy (non-hydrogen) atoms. The quantitative estimate of drug-likeness (QED) is 0.774. The Bertz CT molecular complexity index is 931. The van der Waals surface area contributed by atoms with Crippen molar-refractivity contribution in [3.05, 3.63) is 65.5 Å². The Morgan fingerprint density at radius 1 is 1.06 bits per heavy atom. The molecule has 5 nitrogen and oxygen atoms in total. The highest BCUT2D eigenvalue weighted by Crippen LogP contribution is 2.25. The molecule has 6 heteroatoms. The summed E-state index contributed by atoms with van der Waals surface area (Å²) in [5, 5.41) is 11.9. The second-order valence-electron chi connectivity index (χ2n) is 8.80. The third kappa shape index (κ3) is 5.83. The molecule has 2 aliphatic heterocycles. The molecule has 0 bridgehead atoms. The zero-order valence-electron chi connectivity index (χ0n) is 17.8. The molecule has 162 valence electrons. The van der Waals surface area contributed by atoms with Gasteiger partial charge in [0, 0.05) is 25.3 Å². The summed E-state index contributed by atoms with van der Waals surface area (Å²) in [6, 6.07) is 15.9. The summed E-state index contributed by atoms with van der Waals surface area (Å²) in [4.78, 5) is 17.0. The number of carbonyl (C=O) groups is 1. The molecule has 0 saturated carbocycles. The van der Waals surface area contributed by atoms with Gasteiger partial charge in [-0.15, -0.1) is 0 Å². The summed E-state index contributed by atoms with van der Waals surface area (Å²) in [6.07, 6.45) is 4.40. The number of halogens is 1. The van der Waals surface area contributed by atoms with Crippen molar-refractivity contribution in [3.63, 3.8) is 0 Å². The van der Waals surface area contributed by atoms with Crippen molar-refractivity contribution in [2.24, 2.45) is 11.8 Å². The molecule has 2 amide bonds. The molecule has 2 aliphatic rings. The first-order chi connectivity index (χ1) is 15.1. The Kier molecular flexibility index (Phi) is 6.83. The minimum Gasteiger partial charge on any atom is -0.324 e. The first-order valence-electron chi connectivity index (χ1n) is 11.1. The molecule has 2 heterocycles. The Labute approximate surface area is 183 Å². The molecule has 1 unspecified atom stereocenters. The number of likely N-dealkylation sites (tertiary alicyclic amines) is 2. The third-order valence-corrected chi connectivity index (χ3v) is 6.48. The van der Waals surface area contributed by atoms with Gasteiger partial charge in [0.1, 0.15) is 5.82 Å². The fourth-order valence-electron chi connectivity index (χ4n) is 4.73. The van der Waals surface area contributed by atoms with Gasteiger partial charge in [-0.05, 0) is 86.5 Å². The Morgan fingerprint density at radius 3 is 2.55 bits per heavy atom. The van der Waals surface area contributed by atoms with E-state index in [1.54, 1.807) is 30.3 Å². The zero-order chi connectivity index (χ0) is 21.6. The number of piperidine rings is 1. The van der Waals surface area contributed by atoms with Crippen molar-refractivity contribution in [2.45, 2.75) is 25.7 Å². The van der Waals surface area contributed by atoms with Crippen LogP contribution in [0, 0.1) is 29.0 Å². The minimum atomic E-state index is -0.173. The van der Waals surface area contributed by atoms with Crippen molar-refractivity contribution in [1.29, 1.82) is 5.26 Å². The highest BCUT2D eigenvalue weighted by atomic mass is 19.1. The lowest BCUT2D eigenvalue weighted by atomic mass is 9.90. The first kappa shape index (κ1) is 21.3. The van der Waals surface area contributed by atoms with Crippen LogP contribution in [-0.2, 0) is 6.42 Å². The summed E-state index contributed by atoms with van der Waals surface area (Å²) < 4.78 is 13.1. The molecule has 2 saturated heterocycles. The zero-order valence-corrected chi connectivity index (χ0v) is 17.8. The van der Waals surface area contributed by atoms with Gasteiger partial charge in [-0.25, -0.2) is 9.18 Å². The number of urea groups is 1. The number of rotatable bonds is 5. The number of hydrogen-bond acceptors (Lipinski definition) is 3. The number of amides is 2. The number of carbonyl (C=O) groups excluding carboxylic acids is 1. The van der Waals surface area contributed by atoms with E-state index >= 15 is 0 Å². The molecule has 4 rings (SSSR count). The van der Waals surface area contributed by atoms with Crippen LogP contribution in [0.1, 0.15) is 30.4 Å². The van der Waals surface area contributed by atoms with Crippen molar-refractivity contribution in [2.75, 3.05) is 38.0 Å². The molecule has 2 aromatic carbocycles. The van der Waals surface area contributed by atoms with Crippen LogP contribution in [0.25, 0.3) is 0 Å². The van der Waals surface area contributed by atoms with E-state index in [2.05, 4.69) is 16.3 Å². The summed E-state index contributed by atoms with van der Waals surface area (Å²) >= 11 is 0. The number of anilines is 1. The number of nitrogens with one attached hydrogen (secondary N) is 1. The molecule has 0 spiro atoms. The summed E-state index contributed by atoms with van der Waals surface area (Å²) in [7, 11) is 0. The van der Waals surface area contributed by atoms with Gasteiger partial charge in [0.25, 0.3) is 0 Å². The van der Waals surface area contributed by atoms with Crippen LogP contribution in [0.5, 0.6) is 0 Å². The predicted molar refractivity (Wildman–Crippen MR) is 119 cm³/mol. The summed E-state index contributed by atoms with van der Waals surface area (Å²) in [5.74, 6) is 0.995. The second kappa shape index (κ2) is 9.93. The van der Waals surface area contributed by atoms with Gasteiger partial charge in [-0.3, -0.25) is 0 Å². The Hall–Kier alpha value is -2.91. The van der Waals surface area contributed by atoms with E-state index in [1.165, 1.54) is 18.4 Å². The van der Waals surface area contributed by atoms with E-state index < -0.39 is 0 Å². The lowest BCUT2D eigenvalue weighted by Crippen LogP contribution is -2.39. The summed E-state index contributed by atoms with van der Waals surface area (Å²) in [6.45, 7) is 4.77. The summed E-state index contributed by atoms with van der Waals surface area (Å²) in [5.41, 5.74) is 2.42. The average molecular weight is 421 g/mol. The minimum absolute atomic E-state index is 0.0874. The van der Waals surface area contributed by atoms with E-state index in [0.29, 0.717) is 23.1 Å². The van der Waals surface area contributed by atoms with Gasteiger partial charge in [0.05, 0.1) is 11.6 Å². The molecule has 1 N–H and O–H groups in total. The molecule has 1 atom stereocenters. The predicted octanol–water partition coefficient (Wildman–Crippen LogP) is 4.51. The molecular weight excluding hydrogens is 391 g/mol. The molecule has 2 aromatic rings. The van der Waals surface area contributed by atoms with Crippen LogP contribution < -0.4 is 5.32 Å². The third-order valence-electron chi connectivity index (χ3n) is 6.48. The van der Waals surface area contributed by atoms with Gasteiger partial charge >= 0.3 is 6.03 Å². The number of nitriles is 1. The largest absolute Gasteiger partial charge is 0.324 e. The van der Waals surface area contributed by atoms with Crippen LogP contribution >= 0.6 is 0 Å². The molecule has 0 aromatic heterocycles. The van der Waals surface area contributed by atoms with Crippen LogP contribution in [0.2, 0.25) is 0 Å². The Morgan fingerprint density at radius 2 is 1.81 bits per heavy atom. The van der Waals surface area contributed by atoms with Gasteiger partial charge in [-0.1, -0.05) is 18.2 Å². The highest BCUT2D eigenvalue weighted by molar-refractivity contribution is 5.89. The van der Waals surface area contributed by atoms with Crippen molar-refractivity contribution in [3.8, 4) is 6.07 Å². The van der Waals surface area contributed by atoms with Crippen molar-refractivity contribution in [1.82, 2.24) is 9.80 Å². The fourth-order valence-corrected chi connectivity index (χ4v) is 4.73. The van der Waals surface area contributed by atoms with Crippen molar-refractivity contribution < 1.29 is 9.18 Å². The standard InChI is InChI=1S/C25H29FN4O/c26-23-6-4-19(5-7-23)14-20-8-11-29(12-9-20)17-22-10-13-30(18-22)25(31)28-24-3-1-2-21(15-24)16-27/h1-7,15,20,22H,8-14,17-18H2,(H,28,31). The number of benzene rings is 2. The average Bonchev–Trinajstić information content (AvgIpc) is 3.25. The highest BCUT2D eigenvalue weighted by Gasteiger charge is 2.29. The molecular formula is C25H29FN4O. The van der Waals surface area contributed by atoms with Crippen molar-refractivity contribution >= 4 is 11.7 Å². The topological polar surface area (TPSA) is 59.4 Å². The van der Waals surface area contributed by atoms with E-state index in [1.807, 2.05) is 23.1 Å². The maximum absolute atomic E-state index is 13.1. The molecule has 2 fully saturated rings. The van der Waals surface area contributed by atoms with E-state index in [0.717, 1.165) is 45.6 Å². The number of nitrogens with zero attached hydrogens (tertiary/aromatic N) is 3. The van der Waals surface area contributed by atoms with E-state index in [4.69, 9.17) is 5.26 Å². The molecule has 0 radical (unpaired) electrons. The fraction of sp³-hybridized carbons (Fsp3) is 0.440. The van der Waals surface area contributed by atoms with Gasteiger partial charge in [-0.2, -0.15) is 5.26 Å². The van der Waals surface area contributed by atoms with Gasteiger partial charge in [0.15, 0.2) is 0 Å². The SMILES string of the molecule is N#Cc1cccc(NC(=O)N2CCC(CN3CCC(Cc4ccc(F)cc4)CC3)C2)c1. The van der Waals surface area contributed by atoms with E-state index in [-0.39, 0.29) is 11.8 Å². The maximum Gasteiger partial charge on any atom is 0.321 e. The Balaban J connectivity index is 1.19. The lowest BCUT2D eigenvalue weighted by molar-refractivity contribution is 0.160. The van der Waals surface area contributed by atoms with Crippen LogP contribution in [-0.4, -0.2) is 48.6 Å². The monoisotopic (exact) mass is 420 g/mol. The van der Waals surface area contributed by atoms with Gasteiger partial charge in [0.2, 0.25) is 0 Å². The van der Waals surface area contributed by atoms with Crippen LogP contribution in [0.3, 0.4) is 0 Å². The normalized spacial score (nSPS) is 19.9. The van der Waals surface area contributed by atoms with E-state index in [9.17, 15) is 9.18 Å².